The lowest BCUT2D eigenvalue weighted by molar-refractivity contribution is -0.119. The summed E-state index contributed by atoms with van der Waals surface area (Å²) in [6.45, 7) is 6.50. The summed E-state index contributed by atoms with van der Waals surface area (Å²) in [5.41, 5.74) is 2.19. The van der Waals surface area contributed by atoms with Crippen LogP contribution in [0.15, 0.2) is 59.8 Å². The number of hydrogen-bond donors (Lipinski definition) is 1. The zero-order chi connectivity index (χ0) is 23.0. The molecule has 9 heteroatoms. The summed E-state index contributed by atoms with van der Waals surface area (Å²) in [5.74, 6) is 0.976. The Labute approximate surface area is 203 Å². The molecule has 0 saturated carbocycles. The van der Waals surface area contributed by atoms with Crippen molar-refractivity contribution in [3.05, 3.63) is 65.2 Å². The second-order valence-corrected chi connectivity index (χ2v) is 9.25. The van der Waals surface area contributed by atoms with Gasteiger partial charge < -0.3 is 14.6 Å². The highest BCUT2D eigenvalue weighted by molar-refractivity contribution is 7.99. The molecule has 1 aliphatic heterocycles. The number of rotatable bonds is 9. The van der Waals surface area contributed by atoms with Crippen LogP contribution < -0.4 is 5.32 Å². The van der Waals surface area contributed by atoms with E-state index in [2.05, 4.69) is 44.7 Å². The van der Waals surface area contributed by atoms with Crippen molar-refractivity contribution < 1.29 is 9.53 Å². The normalized spacial score (nSPS) is 16.6. The molecule has 1 aromatic heterocycles. The highest BCUT2D eigenvalue weighted by Gasteiger charge is 2.21. The molecule has 33 heavy (non-hydrogen) atoms. The highest BCUT2D eigenvalue weighted by Crippen LogP contribution is 2.25. The van der Waals surface area contributed by atoms with E-state index in [-0.39, 0.29) is 17.8 Å². The van der Waals surface area contributed by atoms with E-state index in [1.54, 1.807) is 0 Å². The fourth-order valence-corrected chi connectivity index (χ4v) is 4.84. The van der Waals surface area contributed by atoms with Crippen molar-refractivity contribution in [3.63, 3.8) is 0 Å². The first kappa shape index (κ1) is 23.8. The van der Waals surface area contributed by atoms with Crippen LogP contribution in [0.1, 0.15) is 12.5 Å². The van der Waals surface area contributed by atoms with Crippen molar-refractivity contribution in [1.82, 2.24) is 25.0 Å². The number of benzene rings is 2. The first-order chi connectivity index (χ1) is 16.1. The van der Waals surface area contributed by atoms with Crippen LogP contribution in [0.3, 0.4) is 0 Å². The monoisotopic (exact) mass is 485 g/mol. The van der Waals surface area contributed by atoms with Gasteiger partial charge in [-0.2, -0.15) is 0 Å². The standard InChI is InChI=1S/C24H28ClN5O2S/c1-2-30-23(19-9-6-10-20(25)13-19)27-28-24(30)33-17-22(31)26-14-21-16-29(11-12-32-21)15-18-7-4-3-5-8-18/h3-10,13,21H,2,11-12,14-17H2,1H3,(H,26,31). The van der Waals surface area contributed by atoms with Gasteiger partial charge in [0.1, 0.15) is 0 Å². The molecule has 4 rings (SSSR count). The Balaban J connectivity index is 1.26. The van der Waals surface area contributed by atoms with Gasteiger partial charge in [0.25, 0.3) is 0 Å². The van der Waals surface area contributed by atoms with Crippen molar-refractivity contribution >= 4 is 29.3 Å². The van der Waals surface area contributed by atoms with Crippen molar-refractivity contribution in [2.45, 2.75) is 31.3 Å². The average molecular weight is 486 g/mol. The first-order valence-electron chi connectivity index (χ1n) is 11.1. The molecule has 2 heterocycles. The molecule has 2 aromatic carbocycles. The van der Waals surface area contributed by atoms with E-state index in [1.165, 1.54) is 17.3 Å². The Hall–Kier alpha value is -2.39. The van der Waals surface area contributed by atoms with Crippen molar-refractivity contribution in [2.24, 2.45) is 0 Å². The molecule has 1 atom stereocenters. The molecule has 174 valence electrons. The lowest BCUT2D eigenvalue weighted by Gasteiger charge is -2.33. The summed E-state index contributed by atoms with van der Waals surface area (Å²) in [4.78, 5) is 14.8. The fourth-order valence-electron chi connectivity index (χ4n) is 3.82. The summed E-state index contributed by atoms with van der Waals surface area (Å²) in [6.07, 6.45) is -0.00913. The van der Waals surface area contributed by atoms with Crippen LogP contribution in [0.4, 0.5) is 0 Å². The molecular weight excluding hydrogens is 458 g/mol. The second-order valence-electron chi connectivity index (χ2n) is 7.87. The molecule has 1 aliphatic rings. The van der Waals surface area contributed by atoms with Crippen molar-refractivity contribution in [1.29, 1.82) is 0 Å². The number of halogens is 1. The Morgan fingerprint density at radius 3 is 2.85 bits per heavy atom. The number of amides is 1. The van der Waals surface area contributed by atoms with Gasteiger partial charge in [-0.1, -0.05) is 65.8 Å². The Bertz CT molecular complexity index is 1060. The van der Waals surface area contributed by atoms with Crippen LogP contribution >= 0.6 is 23.4 Å². The molecule has 3 aromatic rings. The number of ether oxygens (including phenoxy) is 1. The van der Waals surface area contributed by atoms with Crippen LogP contribution in [0.2, 0.25) is 5.02 Å². The van der Waals surface area contributed by atoms with Gasteiger partial charge in [0, 0.05) is 43.3 Å². The largest absolute Gasteiger partial charge is 0.374 e. The third-order valence-corrected chi connectivity index (χ3v) is 6.65. The lowest BCUT2D eigenvalue weighted by Crippen LogP contribution is -2.47. The minimum atomic E-state index is -0.0428. The maximum Gasteiger partial charge on any atom is 0.230 e. The van der Waals surface area contributed by atoms with E-state index < -0.39 is 0 Å². The van der Waals surface area contributed by atoms with Crippen LogP contribution in [-0.2, 0) is 22.6 Å². The molecule has 0 bridgehead atoms. The van der Waals surface area contributed by atoms with E-state index in [4.69, 9.17) is 16.3 Å². The number of nitrogens with zero attached hydrogens (tertiary/aromatic N) is 4. The Morgan fingerprint density at radius 1 is 1.21 bits per heavy atom. The van der Waals surface area contributed by atoms with E-state index in [0.717, 1.165) is 31.0 Å². The van der Waals surface area contributed by atoms with Crippen molar-refractivity contribution in [2.75, 3.05) is 32.0 Å². The summed E-state index contributed by atoms with van der Waals surface area (Å²) >= 11 is 7.50. The molecule has 1 N–H and O–H groups in total. The number of morpholine rings is 1. The number of carbonyl (C=O) groups excluding carboxylic acids is 1. The molecule has 1 fully saturated rings. The quantitative estimate of drug-likeness (QED) is 0.466. The summed E-state index contributed by atoms with van der Waals surface area (Å²) in [6, 6.07) is 18.0. The van der Waals surface area contributed by atoms with Crippen LogP contribution in [-0.4, -0.2) is 63.7 Å². The zero-order valence-corrected chi connectivity index (χ0v) is 20.2. The molecule has 0 aliphatic carbocycles. The lowest BCUT2D eigenvalue weighted by atomic mass is 10.2. The van der Waals surface area contributed by atoms with Gasteiger partial charge in [0.2, 0.25) is 5.91 Å². The van der Waals surface area contributed by atoms with Gasteiger partial charge >= 0.3 is 0 Å². The number of aromatic nitrogens is 3. The van der Waals surface area contributed by atoms with E-state index >= 15 is 0 Å². The third kappa shape index (κ3) is 6.57. The van der Waals surface area contributed by atoms with E-state index in [0.29, 0.717) is 29.9 Å². The zero-order valence-electron chi connectivity index (χ0n) is 18.6. The predicted molar refractivity (Wildman–Crippen MR) is 131 cm³/mol. The molecule has 0 radical (unpaired) electrons. The van der Waals surface area contributed by atoms with Crippen LogP contribution in [0, 0.1) is 0 Å². The average Bonchev–Trinajstić information content (AvgIpc) is 3.25. The van der Waals surface area contributed by atoms with E-state index in [1.807, 2.05) is 41.8 Å². The van der Waals surface area contributed by atoms with Crippen LogP contribution in [0.25, 0.3) is 11.4 Å². The maximum atomic E-state index is 12.5. The Morgan fingerprint density at radius 2 is 2.06 bits per heavy atom. The van der Waals surface area contributed by atoms with Crippen LogP contribution in [0.5, 0.6) is 0 Å². The molecular formula is C24H28ClN5O2S. The molecule has 1 amide bonds. The minimum Gasteiger partial charge on any atom is -0.374 e. The predicted octanol–water partition coefficient (Wildman–Crippen LogP) is 3.73. The third-order valence-electron chi connectivity index (χ3n) is 5.45. The smallest absolute Gasteiger partial charge is 0.230 e. The number of thioether (sulfide) groups is 1. The fraction of sp³-hybridized carbons (Fsp3) is 0.375. The molecule has 0 spiro atoms. The van der Waals surface area contributed by atoms with Gasteiger partial charge in [-0.3, -0.25) is 9.69 Å². The van der Waals surface area contributed by atoms with Gasteiger partial charge in [-0.15, -0.1) is 10.2 Å². The van der Waals surface area contributed by atoms with Gasteiger partial charge in [-0.25, -0.2) is 0 Å². The highest BCUT2D eigenvalue weighted by atomic mass is 35.5. The Kier molecular flexibility index (Phi) is 8.39. The molecule has 7 nitrogen and oxygen atoms in total. The molecule has 1 unspecified atom stereocenters. The minimum absolute atomic E-state index is 0.00913. The number of carbonyl (C=O) groups is 1. The summed E-state index contributed by atoms with van der Waals surface area (Å²) in [5, 5.41) is 13.0. The van der Waals surface area contributed by atoms with Gasteiger partial charge in [0.15, 0.2) is 11.0 Å². The van der Waals surface area contributed by atoms with Crippen molar-refractivity contribution in [3.8, 4) is 11.4 Å². The number of hydrogen-bond acceptors (Lipinski definition) is 6. The topological polar surface area (TPSA) is 72.3 Å². The summed E-state index contributed by atoms with van der Waals surface area (Å²) in [7, 11) is 0. The SMILES string of the molecule is CCn1c(SCC(=O)NCC2CN(Cc3ccccc3)CCO2)nnc1-c1cccc(Cl)c1. The van der Waals surface area contributed by atoms with Gasteiger partial charge in [0.05, 0.1) is 18.5 Å². The van der Waals surface area contributed by atoms with E-state index in [9.17, 15) is 4.79 Å². The summed E-state index contributed by atoms with van der Waals surface area (Å²) < 4.78 is 7.85. The second kappa shape index (κ2) is 11.7. The maximum absolute atomic E-state index is 12.5. The number of nitrogens with one attached hydrogen (secondary N) is 1. The van der Waals surface area contributed by atoms with Gasteiger partial charge in [-0.05, 0) is 24.6 Å². The molecule has 1 saturated heterocycles. The first-order valence-corrected chi connectivity index (χ1v) is 12.4.